The Balaban J connectivity index is 1.45. The minimum atomic E-state index is -0.897. The van der Waals surface area contributed by atoms with E-state index in [2.05, 4.69) is 0 Å². The van der Waals surface area contributed by atoms with Gasteiger partial charge in [-0.2, -0.15) is 0 Å². The van der Waals surface area contributed by atoms with Gasteiger partial charge in [-0.05, 0) is 49.9 Å². The van der Waals surface area contributed by atoms with Crippen LogP contribution in [0.25, 0.3) is 0 Å². The van der Waals surface area contributed by atoms with Gasteiger partial charge < -0.3 is 9.47 Å². The molecule has 0 unspecified atom stereocenters. The van der Waals surface area contributed by atoms with Gasteiger partial charge in [0.1, 0.15) is 6.10 Å². The van der Waals surface area contributed by atoms with Crippen molar-refractivity contribution in [2.24, 2.45) is 23.7 Å². The maximum absolute atomic E-state index is 12.6. The molecule has 3 fully saturated rings. The van der Waals surface area contributed by atoms with Crippen molar-refractivity contribution in [2.75, 3.05) is 0 Å². The Hall–Kier alpha value is -1.88. The van der Waals surface area contributed by atoms with Gasteiger partial charge in [-0.25, -0.2) is 0 Å². The number of halogens is 1. The highest BCUT2D eigenvalue weighted by Crippen LogP contribution is 2.58. The second-order valence-electron chi connectivity index (χ2n) is 6.87. The van der Waals surface area contributed by atoms with E-state index in [0.717, 1.165) is 12.8 Å². The first-order valence-corrected chi connectivity index (χ1v) is 8.54. The Morgan fingerprint density at radius 3 is 2.67 bits per heavy atom. The van der Waals surface area contributed by atoms with Crippen LogP contribution in [0.4, 0.5) is 0 Å². The topological polar surface area (TPSA) is 69.7 Å². The first kappa shape index (κ1) is 15.6. The van der Waals surface area contributed by atoms with Crippen LogP contribution in [-0.2, 0) is 19.1 Å². The number of hydrogen-bond acceptors (Lipinski definition) is 5. The molecule has 0 radical (unpaired) electrons. The third kappa shape index (κ3) is 2.34. The summed E-state index contributed by atoms with van der Waals surface area (Å²) >= 11 is 5.81. The average Bonchev–Trinajstić information content (AvgIpc) is 3.16. The van der Waals surface area contributed by atoms with E-state index in [4.69, 9.17) is 21.1 Å². The molecule has 1 heterocycles. The summed E-state index contributed by atoms with van der Waals surface area (Å²) in [4.78, 5) is 36.9. The third-order valence-corrected chi connectivity index (χ3v) is 5.80. The molecule has 1 aliphatic heterocycles. The van der Waals surface area contributed by atoms with Crippen molar-refractivity contribution in [1.29, 1.82) is 0 Å². The van der Waals surface area contributed by atoms with Gasteiger partial charge >= 0.3 is 11.9 Å². The van der Waals surface area contributed by atoms with Crippen molar-refractivity contribution in [3.63, 3.8) is 0 Å². The second kappa shape index (κ2) is 5.59. The number of ketones is 1. The highest BCUT2D eigenvalue weighted by Gasteiger charge is 2.64. The van der Waals surface area contributed by atoms with Crippen molar-refractivity contribution in [3.05, 3.63) is 34.9 Å². The summed E-state index contributed by atoms with van der Waals surface area (Å²) in [6.45, 7) is 1.55. The van der Waals surface area contributed by atoms with Crippen molar-refractivity contribution < 1.29 is 23.9 Å². The molecular weight excluding hydrogens is 332 g/mol. The second-order valence-corrected chi connectivity index (χ2v) is 7.31. The van der Waals surface area contributed by atoms with Gasteiger partial charge in [0.2, 0.25) is 5.78 Å². The Morgan fingerprint density at radius 2 is 1.96 bits per heavy atom. The standard InChI is InChI=1S/C18H17ClO5/c1-8(16(20)9-2-4-11(19)5-3-9)23-17(21)14-10-6-12-13(7-10)24-18(22)15(12)14/h2-5,8,10,12-15H,6-7H2,1H3/t8-,10+,12-,13+,14-,15-/m0/s1. The summed E-state index contributed by atoms with van der Waals surface area (Å²) in [5.74, 6) is -1.62. The van der Waals surface area contributed by atoms with Gasteiger partial charge in [-0.15, -0.1) is 0 Å². The number of carbonyl (C=O) groups excluding carboxylic acids is 3. The zero-order chi connectivity index (χ0) is 17.0. The van der Waals surface area contributed by atoms with Crippen molar-refractivity contribution in [3.8, 4) is 0 Å². The van der Waals surface area contributed by atoms with Gasteiger partial charge in [-0.1, -0.05) is 11.6 Å². The predicted molar refractivity (Wildman–Crippen MR) is 84.4 cm³/mol. The van der Waals surface area contributed by atoms with Crippen LogP contribution in [0, 0.1) is 23.7 Å². The van der Waals surface area contributed by atoms with Gasteiger partial charge in [-0.3, -0.25) is 14.4 Å². The zero-order valence-corrected chi connectivity index (χ0v) is 13.9. The monoisotopic (exact) mass is 348 g/mol. The minimum absolute atomic E-state index is 0.0235. The number of Topliss-reactive ketones (excluding diaryl/α,β-unsaturated/α-hetero) is 1. The molecule has 5 nitrogen and oxygen atoms in total. The van der Waals surface area contributed by atoms with Crippen LogP contribution in [0.5, 0.6) is 0 Å². The summed E-state index contributed by atoms with van der Waals surface area (Å²) in [6, 6.07) is 6.44. The number of rotatable bonds is 4. The quantitative estimate of drug-likeness (QED) is 0.618. The lowest BCUT2D eigenvalue weighted by molar-refractivity contribution is -0.157. The lowest BCUT2D eigenvalue weighted by Crippen LogP contribution is -2.36. The fourth-order valence-corrected chi connectivity index (χ4v) is 4.61. The summed E-state index contributed by atoms with van der Waals surface area (Å²) < 4.78 is 10.7. The summed E-state index contributed by atoms with van der Waals surface area (Å²) in [7, 11) is 0. The molecule has 2 saturated carbocycles. The maximum atomic E-state index is 12.6. The molecule has 1 saturated heterocycles. The molecule has 3 aliphatic rings. The van der Waals surface area contributed by atoms with E-state index in [1.165, 1.54) is 0 Å². The van der Waals surface area contributed by atoms with E-state index in [1.54, 1.807) is 31.2 Å². The van der Waals surface area contributed by atoms with Crippen LogP contribution in [0.1, 0.15) is 30.1 Å². The smallest absolute Gasteiger partial charge is 0.310 e. The van der Waals surface area contributed by atoms with Crippen LogP contribution in [0.3, 0.4) is 0 Å². The molecule has 4 rings (SSSR count). The van der Waals surface area contributed by atoms with Crippen LogP contribution in [-0.4, -0.2) is 29.9 Å². The molecule has 6 heteroatoms. The highest BCUT2D eigenvalue weighted by molar-refractivity contribution is 6.30. The lowest BCUT2D eigenvalue weighted by Gasteiger charge is -2.24. The minimum Gasteiger partial charge on any atom is -0.462 e. The van der Waals surface area contributed by atoms with Crippen molar-refractivity contribution in [2.45, 2.75) is 32.0 Å². The molecule has 1 aromatic carbocycles. The lowest BCUT2D eigenvalue weighted by atomic mass is 9.80. The number of benzene rings is 1. The van der Waals surface area contributed by atoms with E-state index < -0.39 is 18.0 Å². The van der Waals surface area contributed by atoms with Crippen molar-refractivity contribution in [1.82, 2.24) is 0 Å². The molecule has 2 bridgehead atoms. The molecule has 2 aliphatic carbocycles. The zero-order valence-electron chi connectivity index (χ0n) is 13.1. The van der Waals surface area contributed by atoms with E-state index in [-0.39, 0.29) is 35.6 Å². The predicted octanol–water partition coefficient (Wildman–Crippen LogP) is 2.65. The fraction of sp³-hybridized carbons (Fsp3) is 0.500. The molecule has 0 aromatic heterocycles. The Labute approximate surface area is 144 Å². The average molecular weight is 349 g/mol. The Kier molecular flexibility index (Phi) is 3.64. The summed E-state index contributed by atoms with van der Waals surface area (Å²) in [5.41, 5.74) is 0.438. The van der Waals surface area contributed by atoms with Gasteiger partial charge in [0.25, 0.3) is 0 Å². The molecular formula is C18H17ClO5. The highest BCUT2D eigenvalue weighted by atomic mass is 35.5. The largest absolute Gasteiger partial charge is 0.462 e. The molecule has 6 atom stereocenters. The number of esters is 2. The molecule has 0 spiro atoms. The first-order chi connectivity index (χ1) is 11.5. The molecule has 126 valence electrons. The third-order valence-electron chi connectivity index (χ3n) is 5.55. The molecule has 0 amide bonds. The van der Waals surface area contributed by atoms with Crippen LogP contribution in [0.2, 0.25) is 5.02 Å². The van der Waals surface area contributed by atoms with E-state index in [0.29, 0.717) is 10.6 Å². The Bertz CT molecular complexity index is 711. The van der Waals surface area contributed by atoms with Gasteiger partial charge in [0, 0.05) is 16.5 Å². The summed E-state index contributed by atoms with van der Waals surface area (Å²) in [6.07, 6.45) is 0.641. The van der Waals surface area contributed by atoms with Crippen LogP contribution >= 0.6 is 11.6 Å². The van der Waals surface area contributed by atoms with Gasteiger partial charge in [0.05, 0.1) is 11.8 Å². The fourth-order valence-electron chi connectivity index (χ4n) is 4.48. The maximum Gasteiger partial charge on any atom is 0.310 e. The molecule has 1 aromatic rings. The van der Waals surface area contributed by atoms with Crippen molar-refractivity contribution >= 4 is 29.3 Å². The van der Waals surface area contributed by atoms with Crippen LogP contribution < -0.4 is 0 Å². The van der Waals surface area contributed by atoms with E-state index in [1.807, 2.05) is 0 Å². The summed E-state index contributed by atoms with van der Waals surface area (Å²) in [5, 5.41) is 0.535. The number of carbonyl (C=O) groups is 3. The van der Waals surface area contributed by atoms with Crippen LogP contribution in [0.15, 0.2) is 24.3 Å². The van der Waals surface area contributed by atoms with Gasteiger partial charge in [0.15, 0.2) is 6.10 Å². The molecule has 0 N–H and O–H groups in total. The molecule has 24 heavy (non-hydrogen) atoms. The van der Waals surface area contributed by atoms with E-state index in [9.17, 15) is 14.4 Å². The number of hydrogen-bond donors (Lipinski definition) is 0. The normalized spacial score (nSPS) is 34.1. The SMILES string of the molecule is C[C@H](OC(=O)[C@H]1[C@@H]2C[C@@H]3[C@@H]1C(=O)O[C@@H]3C2)C(=O)c1ccc(Cl)cc1. The van der Waals surface area contributed by atoms with E-state index >= 15 is 0 Å². The Morgan fingerprint density at radius 1 is 1.25 bits per heavy atom. The number of fused-ring (bicyclic) bond motifs is 1. The first-order valence-electron chi connectivity index (χ1n) is 8.16. The number of ether oxygens (including phenoxy) is 2.